The number of hydrogen-bond donors (Lipinski definition) is 3. The van der Waals surface area contributed by atoms with Crippen LogP contribution in [0.4, 0.5) is 0 Å². The average Bonchev–Trinajstić information content (AvgIpc) is 2.76. The monoisotopic (exact) mass is 493 g/mol. The largest absolute Gasteiger partial charge is 0.480 e. The van der Waals surface area contributed by atoms with Crippen molar-refractivity contribution in [2.24, 2.45) is 5.10 Å². The molecule has 1 aliphatic heterocycles. The number of isothiocyanates is 1. The summed E-state index contributed by atoms with van der Waals surface area (Å²) in [5, 5.41) is 36.4. The van der Waals surface area contributed by atoms with Gasteiger partial charge in [-0.2, -0.15) is 0 Å². The second kappa shape index (κ2) is 14.4. The van der Waals surface area contributed by atoms with Crippen LogP contribution in [0.3, 0.4) is 0 Å². The van der Waals surface area contributed by atoms with Gasteiger partial charge in [-0.25, -0.2) is 0 Å². The molecule has 186 valence electrons. The number of carbonyl (C=O) groups is 3. The van der Waals surface area contributed by atoms with Crippen LogP contribution in [0, 0.1) is 0 Å². The van der Waals surface area contributed by atoms with E-state index < -0.39 is 17.9 Å². The number of nitrogens with zero attached hydrogens (tertiary/aromatic N) is 5. The van der Waals surface area contributed by atoms with Gasteiger partial charge in [0.25, 0.3) is 0 Å². The predicted octanol–water partition coefficient (Wildman–Crippen LogP) is 0.0909. The Morgan fingerprint density at radius 3 is 2.03 bits per heavy atom. The molecule has 0 bridgehead atoms. The van der Waals surface area contributed by atoms with Crippen molar-refractivity contribution in [1.82, 2.24) is 19.7 Å². The van der Waals surface area contributed by atoms with E-state index in [1.165, 1.54) is 0 Å². The van der Waals surface area contributed by atoms with Gasteiger partial charge in [-0.15, -0.1) is 5.10 Å². The fourth-order valence-corrected chi connectivity index (χ4v) is 4.11. The molecule has 0 saturated carbocycles. The summed E-state index contributed by atoms with van der Waals surface area (Å²) in [5.41, 5.74) is 1.01. The Kier molecular flexibility index (Phi) is 11.6. The number of hydrogen-bond acceptors (Lipinski definition) is 9. The van der Waals surface area contributed by atoms with Crippen molar-refractivity contribution in [3.05, 3.63) is 35.9 Å². The molecule has 2 rings (SSSR count). The van der Waals surface area contributed by atoms with Crippen molar-refractivity contribution in [3.8, 4) is 0 Å². The Labute approximate surface area is 203 Å². The number of benzene rings is 1. The van der Waals surface area contributed by atoms with Crippen molar-refractivity contribution >= 4 is 35.3 Å². The van der Waals surface area contributed by atoms with E-state index >= 15 is 0 Å². The van der Waals surface area contributed by atoms with Gasteiger partial charge in [-0.05, 0) is 24.2 Å². The molecule has 1 saturated heterocycles. The minimum atomic E-state index is -0.999. The van der Waals surface area contributed by atoms with Crippen molar-refractivity contribution in [2.75, 3.05) is 65.4 Å². The minimum Gasteiger partial charge on any atom is -0.480 e. The molecule has 0 spiro atoms. The molecule has 1 unspecified atom stereocenters. The highest BCUT2D eigenvalue weighted by atomic mass is 32.1. The molecule has 1 fully saturated rings. The summed E-state index contributed by atoms with van der Waals surface area (Å²) in [7, 11) is 0. The van der Waals surface area contributed by atoms with Crippen LogP contribution in [0.25, 0.3) is 0 Å². The first-order valence-corrected chi connectivity index (χ1v) is 11.4. The summed E-state index contributed by atoms with van der Waals surface area (Å²) in [6, 6.07) is 9.32. The first-order valence-electron chi connectivity index (χ1n) is 11.0. The van der Waals surface area contributed by atoms with Gasteiger partial charge in [0.15, 0.2) is 0 Å². The molecule has 0 radical (unpaired) electrons. The second-order valence-electron chi connectivity index (χ2n) is 8.15. The van der Waals surface area contributed by atoms with E-state index in [1.54, 1.807) is 14.8 Å². The molecule has 11 nitrogen and oxygen atoms in total. The zero-order chi connectivity index (χ0) is 24.9. The van der Waals surface area contributed by atoms with Crippen LogP contribution in [0.1, 0.15) is 5.56 Å². The Hall–Kier alpha value is -2.89. The third-order valence-corrected chi connectivity index (χ3v) is 5.67. The normalized spacial score (nSPS) is 19.4. The molecule has 34 heavy (non-hydrogen) atoms. The van der Waals surface area contributed by atoms with Gasteiger partial charge in [-0.1, -0.05) is 30.3 Å². The molecule has 3 N–H and O–H groups in total. The Balaban J connectivity index is 2.36. The van der Waals surface area contributed by atoms with Crippen LogP contribution in [0.2, 0.25) is 0 Å². The summed E-state index contributed by atoms with van der Waals surface area (Å²) in [6.07, 6.45) is 0.527. The Morgan fingerprint density at radius 2 is 1.41 bits per heavy atom. The lowest BCUT2D eigenvalue weighted by molar-refractivity contribution is -0.141. The van der Waals surface area contributed by atoms with Crippen LogP contribution in [-0.2, 0) is 20.8 Å². The molecule has 0 amide bonds. The highest BCUT2D eigenvalue weighted by Gasteiger charge is 2.26. The van der Waals surface area contributed by atoms with Crippen molar-refractivity contribution in [2.45, 2.75) is 12.5 Å². The van der Waals surface area contributed by atoms with Gasteiger partial charge >= 0.3 is 17.9 Å². The van der Waals surface area contributed by atoms with Gasteiger partial charge in [-0.3, -0.25) is 34.1 Å². The molecule has 1 atom stereocenters. The smallest absolute Gasteiger partial charge is 0.317 e. The van der Waals surface area contributed by atoms with Gasteiger partial charge < -0.3 is 15.3 Å². The minimum absolute atomic E-state index is 0.186. The van der Waals surface area contributed by atoms with Gasteiger partial charge in [0, 0.05) is 51.9 Å². The van der Waals surface area contributed by atoms with Crippen LogP contribution < -0.4 is 0 Å². The van der Waals surface area contributed by atoms with Gasteiger partial charge in [0.1, 0.15) is 0 Å². The van der Waals surface area contributed by atoms with Crippen LogP contribution >= 0.6 is 12.2 Å². The van der Waals surface area contributed by atoms with Gasteiger partial charge in [0.2, 0.25) is 0 Å². The van der Waals surface area contributed by atoms with E-state index in [1.807, 2.05) is 35.2 Å². The van der Waals surface area contributed by atoms with E-state index in [0.717, 1.165) is 5.56 Å². The van der Waals surface area contributed by atoms with Crippen LogP contribution in [-0.4, -0.2) is 130 Å². The number of carboxylic acid groups (broad SMARTS) is 3. The highest BCUT2D eigenvalue weighted by Crippen LogP contribution is 2.13. The van der Waals surface area contributed by atoms with E-state index in [2.05, 4.69) is 10.3 Å². The number of rotatable bonds is 9. The molecule has 0 aliphatic carbocycles. The third-order valence-electron chi connectivity index (χ3n) is 5.59. The Morgan fingerprint density at radius 1 is 0.853 bits per heavy atom. The fourth-order valence-electron chi connectivity index (χ4n) is 4.00. The quantitative estimate of drug-likeness (QED) is 0.319. The van der Waals surface area contributed by atoms with Crippen molar-refractivity contribution in [3.63, 3.8) is 0 Å². The maximum absolute atomic E-state index is 11.7. The molecule has 12 heteroatoms. The molecular formula is C22H31N5O6S. The number of aliphatic carboxylic acids is 3. The molecule has 1 aliphatic rings. The van der Waals surface area contributed by atoms with Crippen molar-refractivity contribution in [1.29, 1.82) is 0 Å². The lowest BCUT2D eigenvalue weighted by atomic mass is 10.0. The van der Waals surface area contributed by atoms with Gasteiger partial charge in [0.05, 0.1) is 24.8 Å². The Bertz CT molecular complexity index is 867. The summed E-state index contributed by atoms with van der Waals surface area (Å²) in [6.45, 7) is 1.81. The topological polar surface area (TPSA) is 137 Å². The van der Waals surface area contributed by atoms with E-state index in [-0.39, 0.29) is 25.7 Å². The third kappa shape index (κ3) is 10.4. The van der Waals surface area contributed by atoms with E-state index in [4.69, 9.17) is 12.2 Å². The second-order valence-corrected chi connectivity index (χ2v) is 8.33. The molecule has 0 aromatic heterocycles. The first-order chi connectivity index (χ1) is 16.3. The van der Waals surface area contributed by atoms with Crippen molar-refractivity contribution < 1.29 is 29.7 Å². The SMILES string of the molecule is O=C(O)CN1CCN(CC(=O)O)CC(Cc2ccccc2)N(CC(=O)O)CCN(N=C=S)CC1. The number of thiocarbonyl (C=S) groups is 1. The predicted molar refractivity (Wildman–Crippen MR) is 128 cm³/mol. The molecule has 1 aromatic carbocycles. The van der Waals surface area contributed by atoms with Crippen LogP contribution in [0.5, 0.6) is 0 Å². The zero-order valence-corrected chi connectivity index (χ0v) is 19.8. The summed E-state index contributed by atoms with van der Waals surface area (Å²) in [4.78, 5) is 39.9. The highest BCUT2D eigenvalue weighted by molar-refractivity contribution is 7.78. The average molecular weight is 494 g/mol. The lowest BCUT2D eigenvalue weighted by Gasteiger charge is -2.37. The number of carboxylic acids is 3. The standard InChI is InChI=1S/C22H31N5O6S/c28-20(29)14-24-6-7-25(15-21(30)31)13-19(12-18-4-2-1-3-5-18)26(16-22(32)33)9-11-27(10-8-24)23-17-34/h1-5,19H,6-16H2,(H,28,29)(H,30,31)(H,32,33). The summed E-state index contributed by atoms with van der Waals surface area (Å²) >= 11 is 4.75. The lowest BCUT2D eigenvalue weighted by Crippen LogP contribution is -2.52. The van der Waals surface area contributed by atoms with E-state index in [0.29, 0.717) is 52.2 Å². The molecule has 1 aromatic rings. The summed E-state index contributed by atoms with van der Waals surface area (Å²) < 4.78 is 0. The van der Waals surface area contributed by atoms with Crippen LogP contribution in [0.15, 0.2) is 35.4 Å². The molecule has 1 heterocycles. The first kappa shape index (κ1) is 27.4. The fraction of sp³-hybridized carbons (Fsp3) is 0.545. The maximum Gasteiger partial charge on any atom is 0.317 e. The molecular weight excluding hydrogens is 462 g/mol. The van der Waals surface area contributed by atoms with E-state index in [9.17, 15) is 29.7 Å². The maximum atomic E-state index is 11.7. The summed E-state index contributed by atoms with van der Waals surface area (Å²) in [5.74, 6) is -2.95. The zero-order valence-electron chi connectivity index (χ0n) is 19.0. The number of hydrazone groups is 1.